The molecular formula is C19H17N3O. The second-order valence-electron chi connectivity index (χ2n) is 5.38. The van der Waals surface area contributed by atoms with E-state index >= 15 is 0 Å². The van der Waals surface area contributed by atoms with E-state index < -0.39 is 0 Å². The number of hydrogen-bond acceptors (Lipinski definition) is 4. The molecule has 1 heterocycles. The van der Waals surface area contributed by atoms with Gasteiger partial charge in [0.25, 0.3) is 0 Å². The van der Waals surface area contributed by atoms with Crippen molar-refractivity contribution < 1.29 is 4.42 Å². The fourth-order valence-electron chi connectivity index (χ4n) is 2.46. The Kier molecular flexibility index (Phi) is 4.39. The van der Waals surface area contributed by atoms with Crippen LogP contribution < -0.4 is 4.90 Å². The average molecular weight is 303 g/mol. The Morgan fingerprint density at radius 3 is 2.22 bits per heavy atom. The molecule has 0 saturated heterocycles. The lowest BCUT2D eigenvalue weighted by molar-refractivity contribution is 0.501. The van der Waals surface area contributed by atoms with E-state index in [4.69, 9.17) is 4.42 Å². The summed E-state index contributed by atoms with van der Waals surface area (Å²) in [6.45, 7) is 0.662. The molecule has 0 radical (unpaired) electrons. The summed E-state index contributed by atoms with van der Waals surface area (Å²) >= 11 is 0. The van der Waals surface area contributed by atoms with Crippen LogP contribution in [0.5, 0.6) is 0 Å². The monoisotopic (exact) mass is 303 g/mol. The van der Waals surface area contributed by atoms with Gasteiger partial charge in [-0.1, -0.05) is 60.7 Å². The summed E-state index contributed by atoms with van der Waals surface area (Å²) in [6, 6.07) is 22.1. The van der Waals surface area contributed by atoms with Gasteiger partial charge in [-0.15, -0.1) is 0 Å². The van der Waals surface area contributed by atoms with Crippen molar-refractivity contribution in [1.29, 1.82) is 5.26 Å². The third kappa shape index (κ3) is 3.58. The van der Waals surface area contributed by atoms with Gasteiger partial charge in [-0.3, -0.25) is 0 Å². The molecule has 0 fully saturated rings. The maximum absolute atomic E-state index is 9.31. The third-order valence-corrected chi connectivity index (χ3v) is 3.57. The van der Waals surface area contributed by atoms with Crippen LogP contribution >= 0.6 is 0 Å². The minimum Gasteiger partial charge on any atom is -0.423 e. The number of oxazole rings is 1. The molecule has 0 N–H and O–H groups in total. The summed E-state index contributed by atoms with van der Waals surface area (Å²) in [4.78, 5) is 6.23. The highest BCUT2D eigenvalue weighted by Gasteiger charge is 2.17. The SMILES string of the molecule is CN(Cc1ccccc1)c1oc(Cc2ccccc2)nc1C#N. The van der Waals surface area contributed by atoms with Crippen LogP contribution in [0.25, 0.3) is 0 Å². The lowest BCUT2D eigenvalue weighted by Crippen LogP contribution is -2.16. The van der Waals surface area contributed by atoms with Crippen molar-refractivity contribution in [2.75, 3.05) is 11.9 Å². The Bertz CT molecular complexity index is 804. The van der Waals surface area contributed by atoms with Crippen LogP contribution in [0.2, 0.25) is 0 Å². The fraction of sp³-hybridized carbons (Fsp3) is 0.158. The van der Waals surface area contributed by atoms with Crippen LogP contribution in [0.15, 0.2) is 65.1 Å². The summed E-state index contributed by atoms with van der Waals surface area (Å²) in [5, 5.41) is 9.31. The predicted molar refractivity (Wildman–Crippen MR) is 89.0 cm³/mol. The van der Waals surface area contributed by atoms with Crippen LogP contribution in [-0.4, -0.2) is 12.0 Å². The van der Waals surface area contributed by atoms with Gasteiger partial charge in [0.05, 0.1) is 0 Å². The van der Waals surface area contributed by atoms with Gasteiger partial charge < -0.3 is 9.32 Å². The van der Waals surface area contributed by atoms with Crippen molar-refractivity contribution in [3.63, 3.8) is 0 Å². The van der Waals surface area contributed by atoms with Crippen molar-refractivity contribution in [2.45, 2.75) is 13.0 Å². The Morgan fingerprint density at radius 1 is 1.00 bits per heavy atom. The number of nitriles is 1. The molecule has 4 nitrogen and oxygen atoms in total. The first-order chi connectivity index (χ1) is 11.3. The van der Waals surface area contributed by atoms with Gasteiger partial charge in [-0.05, 0) is 11.1 Å². The Balaban J connectivity index is 1.80. The zero-order valence-electron chi connectivity index (χ0n) is 12.9. The Hall–Kier alpha value is -3.06. The summed E-state index contributed by atoms with van der Waals surface area (Å²) in [7, 11) is 1.90. The highest BCUT2D eigenvalue weighted by molar-refractivity contribution is 5.48. The van der Waals surface area contributed by atoms with Gasteiger partial charge in [-0.25, -0.2) is 4.98 Å². The molecule has 0 amide bonds. The summed E-state index contributed by atoms with van der Waals surface area (Å²) in [5.74, 6) is 1.07. The van der Waals surface area contributed by atoms with E-state index in [9.17, 15) is 5.26 Å². The average Bonchev–Trinajstić information content (AvgIpc) is 3.00. The van der Waals surface area contributed by atoms with Crippen molar-refractivity contribution in [1.82, 2.24) is 4.98 Å². The molecule has 0 spiro atoms. The number of nitrogens with zero attached hydrogens (tertiary/aromatic N) is 3. The molecule has 23 heavy (non-hydrogen) atoms. The van der Waals surface area contributed by atoms with E-state index in [0.29, 0.717) is 30.4 Å². The molecule has 1 aromatic heterocycles. The predicted octanol–water partition coefficient (Wildman–Crippen LogP) is 3.77. The molecule has 0 aliphatic carbocycles. The lowest BCUT2D eigenvalue weighted by atomic mass is 10.1. The maximum Gasteiger partial charge on any atom is 0.234 e. The minimum atomic E-state index is 0.328. The van der Waals surface area contributed by atoms with Crippen LogP contribution in [0.4, 0.5) is 5.88 Å². The van der Waals surface area contributed by atoms with Gasteiger partial charge in [0.2, 0.25) is 17.5 Å². The number of anilines is 1. The van der Waals surface area contributed by atoms with Crippen LogP contribution in [-0.2, 0) is 13.0 Å². The molecule has 3 rings (SSSR count). The first-order valence-electron chi connectivity index (χ1n) is 7.45. The van der Waals surface area contributed by atoms with Gasteiger partial charge in [-0.2, -0.15) is 5.26 Å². The van der Waals surface area contributed by atoms with E-state index in [1.807, 2.05) is 72.6 Å². The Morgan fingerprint density at radius 2 is 1.61 bits per heavy atom. The first-order valence-corrected chi connectivity index (χ1v) is 7.45. The molecular weight excluding hydrogens is 286 g/mol. The molecule has 2 aromatic carbocycles. The van der Waals surface area contributed by atoms with Gasteiger partial charge in [0, 0.05) is 20.0 Å². The summed E-state index contributed by atoms with van der Waals surface area (Å²) < 4.78 is 5.84. The zero-order valence-corrected chi connectivity index (χ0v) is 12.9. The quantitative estimate of drug-likeness (QED) is 0.720. The van der Waals surface area contributed by atoms with Crippen LogP contribution in [0.1, 0.15) is 22.7 Å². The minimum absolute atomic E-state index is 0.328. The molecule has 0 atom stereocenters. The van der Waals surface area contributed by atoms with Gasteiger partial charge >= 0.3 is 0 Å². The van der Waals surface area contributed by atoms with E-state index in [1.54, 1.807) is 0 Å². The number of aromatic nitrogens is 1. The molecule has 0 aliphatic rings. The zero-order chi connectivity index (χ0) is 16.1. The van der Waals surface area contributed by atoms with Crippen LogP contribution in [0, 0.1) is 11.3 Å². The van der Waals surface area contributed by atoms with Crippen LogP contribution in [0.3, 0.4) is 0 Å². The van der Waals surface area contributed by atoms with Crippen molar-refractivity contribution >= 4 is 5.88 Å². The van der Waals surface area contributed by atoms with E-state index in [2.05, 4.69) is 11.1 Å². The molecule has 4 heteroatoms. The highest BCUT2D eigenvalue weighted by Crippen LogP contribution is 2.23. The Labute approximate surface area is 135 Å². The number of benzene rings is 2. The molecule has 0 aliphatic heterocycles. The maximum atomic E-state index is 9.31. The normalized spacial score (nSPS) is 10.3. The molecule has 114 valence electrons. The molecule has 3 aromatic rings. The smallest absolute Gasteiger partial charge is 0.234 e. The lowest BCUT2D eigenvalue weighted by Gasteiger charge is -2.15. The fourth-order valence-corrected chi connectivity index (χ4v) is 2.46. The highest BCUT2D eigenvalue weighted by atomic mass is 16.4. The first kappa shape index (κ1) is 14.9. The van der Waals surface area contributed by atoms with Crippen molar-refractivity contribution in [3.05, 3.63) is 83.4 Å². The number of rotatable bonds is 5. The van der Waals surface area contributed by atoms with E-state index in [-0.39, 0.29) is 0 Å². The standard InChI is InChI=1S/C19H17N3O/c1-22(14-16-10-6-3-7-11-16)19-17(13-20)21-18(23-19)12-15-8-4-2-5-9-15/h2-11H,12,14H2,1H3. The second kappa shape index (κ2) is 6.80. The summed E-state index contributed by atoms with van der Waals surface area (Å²) in [6.07, 6.45) is 0.578. The van der Waals surface area contributed by atoms with E-state index in [1.165, 1.54) is 0 Å². The third-order valence-electron chi connectivity index (χ3n) is 3.57. The van der Waals surface area contributed by atoms with Gasteiger partial charge in [0.15, 0.2) is 0 Å². The number of hydrogen-bond donors (Lipinski definition) is 0. The second-order valence-corrected chi connectivity index (χ2v) is 5.38. The molecule has 0 unspecified atom stereocenters. The van der Waals surface area contributed by atoms with Gasteiger partial charge in [0.1, 0.15) is 6.07 Å². The summed E-state index contributed by atoms with van der Waals surface area (Å²) in [5.41, 5.74) is 2.59. The molecule has 0 bridgehead atoms. The van der Waals surface area contributed by atoms with Crippen molar-refractivity contribution in [2.24, 2.45) is 0 Å². The largest absolute Gasteiger partial charge is 0.423 e. The molecule has 0 saturated carbocycles. The van der Waals surface area contributed by atoms with E-state index in [0.717, 1.165) is 11.1 Å². The van der Waals surface area contributed by atoms with Crippen molar-refractivity contribution in [3.8, 4) is 6.07 Å². The topological polar surface area (TPSA) is 53.1 Å².